The average molecular weight is 380 g/mol. The molecule has 2 aromatic heterocycles. The Labute approximate surface area is 163 Å². The Morgan fingerprint density at radius 2 is 1.77 bits per heavy atom. The molecule has 3 heterocycles. The first-order valence-electron chi connectivity index (χ1n) is 8.06. The van der Waals surface area contributed by atoms with Crippen LogP contribution in [0.15, 0.2) is 103 Å². The van der Waals surface area contributed by atoms with Gasteiger partial charge in [0, 0.05) is 35.3 Å². The number of anilines is 1. The van der Waals surface area contributed by atoms with E-state index in [0.29, 0.717) is 0 Å². The van der Waals surface area contributed by atoms with Gasteiger partial charge >= 0.3 is 17.1 Å². The summed E-state index contributed by atoms with van der Waals surface area (Å²) < 4.78 is 0. The first-order chi connectivity index (χ1) is 12.4. The zero-order valence-electron chi connectivity index (χ0n) is 13.9. The fourth-order valence-corrected chi connectivity index (χ4v) is 2.56. The van der Waals surface area contributed by atoms with E-state index in [0.717, 1.165) is 34.2 Å². The third kappa shape index (κ3) is 3.97. The molecule has 1 aliphatic carbocycles. The van der Waals surface area contributed by atoms with Gasteiger partial charge in [-0.2, -0.15) is 18.2 Å². The average Bonchev–Trinajstić information content (AvgIpc) is 3.44. The summed E-state index contributed by atoms with van der Waals surface area (Å²) in [6.45, 7) is 0. The fraction of sp³-hybridized carbons (Fsp3) is 0. The summed E-state index contributed by atoms with van der Waals surface area (Å²) in [5.41, 5.74) is 3.89. The molecule has 0 fully saturated rings. The van der Waals surface area contributed by atoms with Crippen LogP contribution in [0.3, 0.4) is 0 Å². The summed E-state index contributed by atoms with van der Waals surface area (Å²) in [7, 11) is 0. The van der Waals surface area contributed by atoms with Gasteiger partial charge in [-0.1, -0.05) is 42.5 Å². The van der Waals surface area contributed by atoms with Gasteiger partial charge in [0.25, 0.3) is 0 Å². The maximum atomic E-state index is 4.59. The molecular formula is C21H16FeN4. The van der Waals surface area contributed by atoms with Crippen molar-refractivity contribution in [2.45, 2.75) is 0 Å². The number of hydrogen-bond acceptors (Lipinski definition) is 3. The van der Waals surface area contributed by atoms with Gasteiger partial charge in [-0.15, -0.1) is 0 Å². The Bertz CT molecular complexity index is 910. The topological polar surface area (TPSA) is 51.9 Å². The third-order valence-corrected chi connectivity index (χ3v) is 3.79. The number of rotatable bonds is 1. The molecule has 0 bridgehead atoms. The third-order valence-electron chi connectivity index (χ3n) is 3.79. The monoisotopic (exact) mass is 380 g/mol. The predicted octanol–water partition coefficient (Wildman–Crippen LogP) is 5.31. The van der Waals surface area contributed by atoms with Gasteiger partial charge < -0.3 is 15.6 Å². The molecule has 26 heavy (non-hydrogen) atoms. The summed E-state index contributed by atoms with van der Waals surface area (Å²) in [6.07, 6.45) is 11.6. The molecule has 3 aromatic rings. The molecule has 1 N–H and O–H groups in total. The minimum Gasteiger partial charge on any atom is -0.413 e. The molecule has 1 aliphatic heterocycles. The van der Waals surface area contributed by atoms with Crippen molar-refractivity contribution in [1.29, 1.82) is 0 Å². The molecule has 0 saturated heterocycles. The van der Waals surface area contributed by atoms with Crippen LogP contribution < -0.4 is 5.32 Å². The van der Waals surface area contributed by atoms with Crippen molar-refractivity contribution < 1.29 is 17.1 Å². The number of nitrogens with zero attached hydrogens (tertiary/aromatic N) is 3. The van der Waals surface area contributed by atoms with Gasteiger partial charge in [0.2, 0.25) is 0 Å². The Morgan fingerprint density at radius 3 is 2.42 bits per heavy atom. The Morgan fingerprint density at radius 1 is 0.962 bits per heavy atom. The normalized spacial score (nSPS) is 13.2. The van der Waals surface area contributed by atoms with Crippen molar-refractivity contribution in [2.24, 2.45) is 0 Å². The molecule has 0 unspecified atom stereocenters. The quantitative estimate of drug-likeness (QED) is 0.460. The van der Waals surface area contributed by atoms with Gasteiger partial charge in [-0.3, -0.25) is 4.98 Å². The first kappa shape index (κ1) is 17.8. The second-order valence-corrected chi connectivity index (χ2v) is 5.53. The SMILES string of the molecule is C1=CC(=C2[N-]c3nc(-c4cccnc4)ccc3N2)C=C1.[Fe+2].c1cc[cH-]c1. The number of hydrogen-bond donors (Lipinski definition) is 1. The van der Waals surface area contributed by atoms with E-state index in [4.69, 9.17) is 0 Å². The number of allylic oxidation sites excluding steroid dienone is 5. The molecular weight excluding hydrogens is 364 g/mol. The summed E-state index contributed by atoms with van der Waals surface area (Å²) >= 11 is 0. The second kappa shape index (κ2) is 8.39. The maximum Gasteiger partial charge on any atom is 2.00 e. The summed E-state index contributed by atoms with van der Waals surface area (Å²) in [4.78, 5) is 8.71. The predicted molar refractivity (Wildman–Crippen MR) is 101 cm³/mol. The van der Waals surface area contributed by atoms with E-state index in [2.05, 4.69) is 20.6 Å². The van der Waals surface area contributed by atoms with E-state index in [1.165, 1.54) is 0 Å². The van der Waals surface area contributed by atoms with E-state index in [1.54, 1.807) is 12.4 Å². The summed E-state index contributed by atoms with van der Waals surface area (Å²) in [6, 6.07) is 17.9. The van der Waals surface area contributed by atoms with E-state index >= 15 is 0 Å². The van der Waals surface area contributed by atoms with Gasteiger partial charge in [0.05, 0.1) is 0 Å². The molecule has 5 heteroatoms. The van der Waals surface area contributed by atoms with E-state index < -0.39 is 0 Å². The molecule has 0 spiro atoms. The Hall–Kier alpha value is -3.01. The van der Waals surface area contributed by atoms with Gasteiger partial charge in [0.1, 0.15) is 0 Å². The zero-order chi connectivity index (χ0) is 16.9. The fourth-order valence-electron chi connectivity index (χ4n) is 2.56. The number of nitrogens with one attached hydrogen (secondary N) is 1. The van der Waals surface area contributed by atoms with E-state index in [9.17, 15) is 0 Å². The van der Waals surface area contributed by atoms with Crippen LogP contribution in [-0.2, 0) is 17.1 Å². The van der Waals surface area contributed by atoms with Crippen LogP contribution in [0.25, 0.3) is 16.6 Å². The first-order valence-corrected chi connectivity index (χ1v) is 8.06. The zero-order valence-corrected chi connectivity index (χ0v) is 15.0. The standard InChI is InChI=1S/C16H11N4.C5H5.Fe/c1-2-5-11(4-1)15-19-14-8-7-13(18-16(14)20-15)12-6-3-9-17-10-12;1-2-4-5-3-1;/h1-10,19H;1-5H;/q2*-1;+2. The molecule has 0 atom stereocenters. The molecule has 5 rings (SSSR count). The largest absolute Gasteiger partial charge is 2.00 e. The van der Waals surface area contributed by atoms with Gasteiger partial charge in [-0.05, 0) is 17.3 Å². The molecule has 4 nitrogen and oxygen atoms in total. The van der Waals surface area contributed by atoms with Crippen molar-refractivity contribution in [3.63, 3.8) is 0 Å². The van der Waals surface area contributed by atoms with Crippen molar-refractivity contribution in [2.75, 3.05) is 5.32 Å². The minimum absolute atomic E-state index is 0. The van der Waals surface area contributed by atoms with Gasteiger partial charge in [-0.25, -0.2) is 12.1 Å². The number of pyridine rings is 2. The molecule has 0 radical (unpaired) electrons. The van der Waals surface area contributed by atoms with Crippen LogP contribution in [0.5, 0.6) is 0 Å². The molecule has 128 valence electrons. The minimum atomic E-state index is 0. The molecule has 0 amide bonds. The van der Waals surface area contributed by atoms with Gasteiger partial charge in [0.15, 0.2) is 0 Å². The van der Waals surface area contributed by atoms with Crippen LogP contribution in [0.2, 0.25) is 0 Å². The Balaban J connectivity index is 0.000000285. The number of aromatic nitrogens is 2. The van der Waals surface area contributed by atoms with E-state index in [1.807, 2.05) is 78.9 Å². The van der Waals surface area contributed by atoms with Crippen LogP contribution in [-0.4, -0.2) is 9.97 Å². The van der Waals surface area contributed by atoms with Crippen LogP contribution in [0.4, 0.5) is 11.5 Å². The van der Waals surface area contributed by atoms with E-state index in [-0.39, 0.29) is 17.1 Å². The van der Waals surface area contributed by atoms with Crippen LogP contribution >= 0.6 is 0 Å². The smallest absolute Gasteiger partial charge is 0.413 e. The second-order valence-electron chi connectivity index (χ2n) is 5.53. The van der Waals surface area contributed by atoms with Crippen LogP contribution in [0, 0.1) is 0 Å². The van der Waals surface area contributed by atoms with Crippen molar-refractivity contribution in [1.82, 2.24) is 9.97 Å². The number of fused-ring (bicyclic) bond motifs is 1. The molecule has 1 aromatic carbocycles. The molecule has 0 saturated carbocycles. The van der Waals surface area contributed by atoms with Crippen molar-refractivity contribution >= 4 is 11.5 Å². The maximum absolute atomic E-state index is 4.59. The summed E-state index contributed by atoms with van der Waals surface area (Å²) in [5, 5.41) is 7.84. The van der Waals surface area contributed by atoms with Crippen molar-refractivity contribution in [3.05, 3.63) is 108 Å². The summed E-state index contributed by atoms with van der Waals surface area (Å²) in [5.74, 6) is 1.57. The van der Waals surface area contributed by atoms with Crippen molar-refractivity contribution in [3.8, 4) is 11.3 Å². The molecule has 2 aliphatic rings. The van der Waals surface area contributed by atoms with Crippen LogP contribution in [0.1, 0.15) is 0 Å². The Kier molecular flexibility index (Phi) is 5.74.